The van der Waals surface area contributed by atoms with Gasteiger partial charge in [-0.05, 0) is 37.6 Å². The van der Waals surface area contributed by atoms with Crippen molar-refractivity contribution in [2.75, 3.05) is 11.4 Å². The Morgan fingerprint density at radius 1 is 1.21 bits per heavy atom. The monoisotopic (exact) mass is 394 g/mol. The number of hydrogen-bond donors (Lipinski definition) is 0. The van der Waals surface area contributed by atoms with Crippen LogP contribution in [0.1, 0.15) is 22.3 Å². The molecular formula is C21H19FN4OS. The number of aryl methyl sites for hydroxylation is 2. The van der Waals surface area contributed by atoms with Crippen LogP contribution in [0.5, 0.6) is 0 Å². The van der Waals surface area contributed by atoms with Gasteiger partial charge in [-0.1, -0.05) is 35.1 Å². The van der Waals surface area contributed by atoms with E-state index in [4.69, 9.17) is 0 Å². The average Bonchev–Trinajstić information content (AvgIpc) is 3.36. The predicted molar refractivity (Wildman–Crippen MR) is 109 cm³/mol. The molecule has 0 fully saturated rings. The van der Waals surface area contributed by atoms with E-state index in [0.717, 1.165) is 23.2 Å². The van der Waals surface area contributed by atoms with E-state index >= 15 is 0 Å². The molecule has 2 aromatic carbocycles. The highest BCUT2D eigenvalue weighted by Gasteiger charge is 2.22. The first-order valence-corrected chi connectivity index (χ1v) is 9.83. The van der Waals surface area contributed by atoms with Crippen molar-refractivity contribution in [1.29, 1.82) is 0 Å². The fourth-order valence-corrected chi connectivity index (χ4v) is 3.99. The number of imidazole rings is 1. The van der Waals surface area contributed by atoms with Crippen molar-refractivity contribution >= 4 is 32.6 Å². The molecule has 0 aliphatic heterocycles. The Bertz CT molecular complexity index is 1090. The van der Waals surface area contributed by atoms with Crippen molar-refractivity contribution < 1.29 is 9.18 Å². The highest BCUT2D eigenvalue weighted by atomic mass is 32.1. The molecule has 2 aromatic heterocycles. The molecule has 0 aliphatic rings. The highest BCUT2D eigenvalue weighted by molar-refractivity contribution is 7.22. The molecule has 4 aromatic rings. The van der Waals surface area contributed by atoms with E-state index in [1.807, 2.05) is 48.0 Å². The van der Waals surface area contributed by atoms with Crippen LogP contribution in [-0.4, -0.2) is 27.0 Å². The van der Waals surface area contributed by atoms with Crippen LogP contribution in [-0.2, 0) is 6.54 Å². The largest absolute Gasteiger partial charge is 0.337 e. The van der Waals surface area contributed by atoms with Crippen molar-refractivity contribution in [2.24, 2.45) is 0 Å². The standard InChI is InChI=1S/C21H19FN4OS/c1-15-6-8-16(9-7-15)20(27)26(12-3-11-25-13-10-23-14-25)21-24-19-17(22)4-2-5-18(19)28-21/h2,4-10,13-14H,3,11-12H2,1H3. The average molecular weight is 394 g/mol. The van der Waals surface area contributed by atoms with Gasteiger partial charge in [0, 0.05) is 31.0 Å². The van der Waals surface area contributed by atoms with E-state index in [2.05, 4.69) is 9.97 Å². The molecule has 0 aliphatic carbocycles. The maximum Gasteiger partial charge on any atom is 0.260 e. The quantitative estimate of drug-likeness (QED) is 0.477. The summed E-state index contributed by atoms with van der Waals surface area (Å²) in [6.07, 6.45) is 6.09. The Balaban J connectivity index is 1.64. The van der Waals surface area contributed by atoms with Crippen LogP contribution in [0, 0.1) is 12.7 Å². The Morgan fingerprint density at radius 2 is 2.04 bits per heavy atom. The van der Waals surface area contributed by atoms with E-state index in [1.165, 1.54) is 17.4 Å². The summed E-state index contributed by atoms with van der Waals surface area (Å²) in [6, 6.07) is 12.3. The summed E-state index contributed by atoms with van der Waals surface area (Å²) in [5.74, 6) is -0.508. The van der Waals surface area contributed by atoms with Gasteiger partial charge in [-0.3, -0.25) is 9.69 Å². The van der Waals surface area contributed by atoms with Gasteiger partial charge in [0.05, 0.1) is 11.0 Å². The van der Waals surface area contributed by atoms with Crippen molar-refractivity contribution in [3.8, 4) is 0 Å². The first kappa shape index (κ1) is 18.3. The fraction of sp³-hybridized carbons (Fsp3) is 0.190. The first-order chi connectivity index (χ1) is 13.6. The minimum atomic E-state index is -0.374. The summed E-state index contributed by atoms with van der Waals surface area (Å²) in [7, 11) is 0. The number of benzene rings is 2. The maximum atomic E-state index is 14.1. The number of para-hydroxylation sites is 1. The maximum absolute atomic E-state index is 14.1. The number of hydrogen-bond acceptors (Lipinski definition) is 4. The first-order valence-electron chi connectivity index (χ1n) is 9.01. The second-order valence-electron chi connectivity index (χ2n) is 6.56. The normalized spacial score (nSPS) is 11.1. The molecule has 0 N–H and O–H groups in total. The second-order valence-corrected chi connectivity index (χ2v) is 7.57. The summed E-state index contributed by atoms with van der Waals surface area (Å²) in [4.78, 5) is 23.3. The van der Waals surface area contributed by atoms with Crippen molar-refractivity contribution in [2.45, 2.75) is 19.9 Å². The van der Waals surface area contributed by atoms with Crippen LogP contribution < -0.4 is 4.90 Å². The SMILES string of the molecule is Cc1ccc(C(=O)N(CCCn2ccnc2)c2nc3c(F)cccc3s2)cc1. The van der Waals surface area contributed by atoms with Gasteiger partial charge in [-0.2, -0.15) is 0 Å². The number of anilines is 1. The summed E-state index contributed by atoms with van der Waals surface area (Å²) < 4.78 is 16.8. The van der Waals surface area contributed by atoms with Crippen LogP contribution in [0.3, 0.4) is 0 Å². The second kappa shape index (κ2) is 7.90. The third-order valence-corrected chi connectivity index (χ3v) is 5.53. The molecule has 0 atom stereocenters. The zero-order valence-corrected chi connectivity index (χ0v) is 16.2. The van der Waals surface area contributed by atoms with Gasteiger partial charge in [0.25, 0.3) is 5.91 Å². The Morgan fingerprint density at radius 3 is 2.75 bits per heavy atom. The van der Waals surface area contributed by atoms with Crippen molar-refractivity contribution in [1.82, 2.24) is 14.5 Å². The van der Waals surface area contributed by atoms with Gasteiger partial charge in [0.15, 0.2) is 5.13 Å². The van der Waals surface area contributed by atoms with Gasteiger partial charge in [0.1, 0.15) is 11.3 Å². The lowest BCUT2D eigenvalue weighted by atomic mass is 10.1. The van der Waals surface area contributed by atoms with Crippen LogP contribution in [0.4, 0.5) is 9.52 Å². The number of aromatic nitrogens is 3. The number of halogens is 1. The zero-order chi connectivity index (χ0) is 19.5. The molecule has 28 heavy (non-hydrogen) atoms. The van der Waals surface area contributed by atoms with Gasteiger partial charge in [-0.15, -0.1) is 0 Å². The highest BCUT2D eigenvalue weighted by Crippen LogP contribution is 2.31. The summed E-state index contributed by atoms with van der Waals surface area (Å²) in [6.45, 7) is 3.19. The minimum absolute atomic E-state index is 0.134. The Hall–Kier alpha value is -3.06. The van der Waals surface area contributed by atoms with Crippen molar-refractivity contribution in [3.63, 3.8) is 0 Å². The topological polar surface area (TPSA) is 51.0 Å². The molecule has 5 nitrogen and oxygen atoms in total. The number of carbonyl (C=O) groups excluding carboxylic acids is 1. The molecule has 7 heteroatoms. The van der Waals surface area contributed by atoms with Crippen LogP contribution in [0.15, 0.2) is 61.2 Å². The van der Waals surface area contributed by atoms with Crippen LogP contribution >= 0.6 is 11.3 Å². The molecule has 0 unspecified atom stereocenters. The number of fused-ring (bicyclic) bond motifs is 1. The van der Waals surface area contributed by atoms with E-state index in [0.29, 0.717) is 22.8 Å². The van der Waals surface area contributed by atoms with Crippen molar-refractivity contribution in [3.05, 3.63) is 78.1 Å². The zero-order valence-electron chi connectivity index (χ0n) is 15.4. The van der Waals surface area contributed by atoms with Gasteiger partial charge < -0.3 is 4.57 Å². The molecule has 0 saturated carbocycles. The third-order valence-electron chi connectivity index (χ3n) is 4.49. The van der Waals surface area contributed by atoms with E-state index in [9.17, 15) is 9.18 Å². The Labute approximate surface area is 166 Å². The lowest BCUT2D eigenvalue weighted by molar-refractivity contribution is 0.0986. The lowest BCUT2D eigenvalue weighted by Crippen LogP contribution is -2.32. The Kier molecular flexibility index (Phi) is 5.16. The van der Waals surface area contributed by atoms with Gasteiger partial charge in [0.2, 0.25) is 0 Å². The number of nitrogens with zero attached hydrogens (tertiary/aromatic N) is 4. The smallest absolute Gasteiger partial charge is 0.260 e. The molecule has 0 radical (unpaired) electrons. The van der Waals surface area contributed by atoms with E-state index in [1.54, 1.807) is 23.5 Å². The molecule has 0 bridgehead atoms. The van der Waals surface area contributed by atoms with Gasteiger partial charge >= 0.3 is 0 Å². The number of carbonyl (C=O) groups is 1. The van der Waals surface area contributed by atoms with Gasteiger partial charge in [-0.25, -0.2) is 14.4 Å². The molecule has 142 valence electrons. The van der Waals surface area contributed by atoms with Crippen LogP contribution in [0.25, 0.3) is 10.2 Å². The molecule has 1 amide bonds. The minimum Gasteiger partial charge on any atom is -0.337 e. The predicted octanol–water partition coefficient (Wildman–Crippen LogP) is 4.68. The van der Waals surface area contributed by atoms with E-state index < -0.39 is 0 Å². The number of thiazole rings is 1. The molecule has 2 heterocycles. The molecule has 4 rings (SSSR count). The fourth-order valence-electron chi connectivity index (χ4n) is 2.99. The molecular weight excluding hydrogens is 375 g/mol. The lowest BCUT2D eigenvalue weighted by Gasteiger charge is -2.20. The summed E-state index contributed by atoms with van der Waals surface area (Å²) in [5.41, 5.74) is 1.98. The number of amides is 1. The van der Waals surface area contributed by atoms with E-state index in [-0.39, 0.29) is 11.7 Å². The summed E-state index contributed by atoms with van der Waals surface area (Å²) >= 11 is 1.33. The molecule has 0 spiro atoms. The molecule has 0 saturated heterocycles. The number of rotatable bonds is 6. The third kappa shape index (κ3) is 3.80. The van der Waals surface area contributed by atoms with Crippen LogP contribution in [0.2, 0.25) is 0 Å². The summed E-state index contributed by atoms with van der Waals surface area (Å²) in [5, 5.41) is 0.510.